The number of nitrogens with zero attached hydrogens (tertiary/aromatic N) is 1. The highest BCUT2D eigenvalue weighted by Gasteiger charge is 2.52. The van der Waals surface area contributed by atoms with Crippen molar-refractivity contribution in [1.29, 1.82) is 0 Å². The largest absolute Gasteiger partial charge is 0.375 e. The van der Waals surface area contributed by atoms with Crippen LogP contribution in [0.3, 0.4) is 0 Å². The number of aliphatic imine (C=N–C) groups is 1. The molecule has 0 aromatic heterocycles. The second-order valence-corrected chi connectivity index (χ2v) is 9.16. The summed E-state index contributed by atoms with van der Waals surface area (Å²) in [5.74, 6) is -1.55. The minimum Gasteiger partial charge on any atom is -0.375 e. The molecule has 0 bridgehead atoms. The van der Waals surface area contributed by atoms with Crippen LogP contribution in [0, 0.1) is 17.6 Å². The second kappa shape index (κ2) is 8.47. The van der Waals surface area contributed by atoms with Crippen molar-refractivity contribution in [3.63, 3.8) is 0 Å². The van der Waals surface area contributed by atoms with Crippen LogP contribution in [0.1, 0.15) is 42.6 Å². The van der Waals surface area contributed by atoms with E-state index in [0.717, 1.165) is 18.9 Å². The lowest BCUT2D eigenvalue weighted by molar-refractivity contribution is -0.0634. The van der Waals surface area contributed by atoms with Crippen LogP contribution in [0.2, 0.25) is 0 Å². The van der Waals surface area contributed by atoms with E-state index in [9.17, 15) is 13.6 Å². The van der Waals surface area contributed by atoms with Crippen LogP contribution in [-0.4, -0.2) is 29.0 Å². The average Bonchev–Trinajstić information content (AvgIpc) is 2.74. The molecule has 4 rings (SSSR count). The van der Waals surface area contributed by atoms with Gasteiger partial charge in [-0.2, -0.15) is 0 Å². The van der Waals surface area contributed by atoms with E-state index < -0.39 is 17.2 Å². The van der Waals surface area contributed by atoms with Crippen LogP contribution in [0.25, 0.3) is 0 Å². The van der Waals surface area contributed by atoms with Gasteiger partial charge in [-0.1, -0.05) is 49.9 Å². The van der Waals surface area contributed by atoms with Gasteiger partial charge in [0.05, 0.1) is 12.7 Å². The zero-order valence-electron chi connectivity index (χ0n) is 16.9. The summed E-state index contributed by atoms with van der Waals surface area (Å²) in [6.45, 7) is 4.31. The number of ether oxygens (including phenoxy) is 1. The van der Waals surface area contributed by atoms with Crippen molar-refractivity contribution in [2.24, 2.45) is 10.9 Å². The maximum Gasteiger partial charge on any atom is 0.257 e. The molecule has 0 aliphatic carbocycles. The lowest BCUT2D eigenvalue weighted by Crippen LogP contribution is -2.53. The van der Waals surface area contributed by atoms with E-state index in [2.05, 4.69) is 19.2 Å². The van der Waals surface area contributed by atoms with Crippen LogP contribution >= 0.6 is 11.8 Å². The molecule has 2 aromatic rings. The predicted octanol–water partition coefficient (Wildman–Crippen LogP) is 4.90. The van der Waals surface area contributed by atoms with Gasteiger partial charge in [0, 0.05) is 28.4 Å². The molecule has 2 heterocycles. The van der Waals surface area contributed by atoms with Gasteiger partial charge in [-0.25, -0.2) is 13.8 Å². The van der Waals surface area contributed by atoms with Crippen molar-refractivity contribution in [1.82, 2.24) is 5.32 Å². The third-order valence-electron chi connectivity index (χ3n) is 5.94. The number of fused-ring (bicyclic) bond motifs is 1. The Morgan fingerprint density at radius 2 is 2.03 bits per heavy atom. The quantitative estimate of drug-likeness (QED) is 0.754. The number of amidine groups is 1. The van der Waals surface area contributed by atoms with Gasteiger partial charge in [-0.3, -0.25) is 4.79 Å². The van der Waals surface area contributed by atoms with E-state index >= 15 is 0 Å². The van der Waals surface area contributed by atoms with Crippen molar-refractivity contribution < 1.29 is 18.3 Å². The lowest BCUT2D eigenvalue weighted by Gasteiger charge is -2.49. The Labute approximate surface area is 179 Å². The number of carbonyl (C=O) groups excluding carboxylic acids is 1. The molecule has 4 unspecified atom stereocenters. The van der Waals surface area contributed by atoms with Crippen molar-refractivity contribution in [3.05, 3.63) is 71.3 Å². The van der Waals surface area contributed by atoms with Gasteiger partial charge >= 0.3 is 0 Å². The first-order chi connectivity index (χ1) is 14.4. The fraction of sp³-hybridized carbons (Fsp3) is 0.391. The number of nitrogens with one attached hydrogen (secondary N) is 1. The summed E-state index contributed by atoms with van der Waals surface area (Å²) in [6, 6.07) is 12.5. The van der Waals surface area contributed by atoms with Crippen LogP contribution in [0.15, 0.2) is 53.5 Å². The molecular weight excluding hydrogens is 406 g/mol. The third-order valence-corrected chi connectivity index (χ3v) is 7.06. The summed E-state index contributed by atoms with van der Waals surface area (Å²) in [7, 11) is 0. The van der Waals surface area contributed by atoms with Crippen LogP contribution in [0.5, 0.6) is 0 Å². The molecule has 2 aromatic carbocycles. The number of rotatable bonds is 3. The van der Waals surface area contributed by atoms with Crippen LogP contribution in [0.4, 0.5) is 8.78 Å². The Morgan fingerprint density at radius 3 is 2.73 bits per heavy atom. The molecule has 2 aliphatic rings. The molecule has 4 atom stereocenters. The van der Waals surface area contributed by atoms with Crippen LogP contribution in [-0.2, 0) is 10.3 Å². The molecule has 0 saturated carbocycles. The summed E-state index contributed by atoms with van der Waals surface area (Å²) in [5, 5.41) is 3.36. The minimum atomic E-state index is -1.01. The van der Waals surface area contributed by atoms with Crippen molar-refractivity contribution in [2.75, 3.05) is 6.61 Å². The van der Waals surface area contributed by atoms with Gasteiger partial charge in [0.1, 0.15) is 17.2 Å². The zero-order valence-corrected chi connectivity index (χ0v) is 17.7. The Kier molecular flexibility index (Phi) is 5.93. The average molecular weight is 431 g/mol. The van der Waals surface area contributed by atoms with Crippen molar-refractivity contribution in [2.45, 2.75) is 43.6 Å². The number of hydrogen-bond donors (Lipinski definition) is 1. The molecule has 2 aliphatic heterocycles. The molecule has 0 radical (unpaired) electrons. The highest BCUT2D eigenvalue weighted by molar-refractivity contribution is 8.14. The van der Waals surface area contributed by atoms with Crippen molar-refractivity contribution in [3.8, 4) is 0 Å². The zero-order chi connectivity index (χ0) is 21.3. The Morgan fingerprint density at radius 1 is 1.27 bits per heavy atom. The van der Waals surface area contributed by atoms with Gasteiger partial charge in [0.2, 0.25) is 0 Å². The number of amides is 1. The van der Waals surface area contributed by atoms with Crippen LogP contribution < -0.4 is 5.32 Å². The first-order valence-corrected chi connectivity index (χ1v) is 11.0. The van der Waals surface area contributed by atoms with E-state index in [0.29, 0.717) is 16.3 Å². The number of thioether (sulfide) groups is 1. The highest BCUT2D eigenvalue weighted by Crippen LogP contribution is 2.50. The monoisotopic (exact) mass is 430 g/mol. The van der Waals surface area contributed by atoms with Gasteiger partial charge in [0.15, 0.2) is 5.17 Å². The molecule has 4 nitrogen and oxygen atoms in total. The number of benzene rings is 2. The minimum absolute atomic E-state index is 0.00135. The molecule has 1 N–H and O–H groups in total. The first kappa shape index (κ1) is 21.0. The molecular formula is C23H24F2N2O2S. The number of hydrogen-bond acceptors (Lipinski definition) is 4. The molecule has 1 saturated heterocycles. The Balaban J connectivity index is 1.75. The first-order valence-electron chi connectivity index (χ1n) is 10.1. The molecule has 158 valence electrons. The molecule has 1 amide bonds. The molecule has 30 heavy (non-hydrogen) atoms. The fourth-order valence-electron chi connectivity index (χ4n) is 4.34. The normalized spacial score (nSPS) is 28.4. The van der Waals surface area contributed by atoms with Gasteiger partial charge in [-0.15, -0.1) is 0 Å². The molecule has 7 heteroatoms. The lowest BCUT2D eigenvalue weighted by atomic mass is 9.72. The molecule has 0 spiro atoms. The van der Waals surface area contributed by atoms with Gasteiger partial charge < -0.3 is 10.1 Å². The topological polar surface area (TPSA) is 50.7 Å². The van der Waals surface area contributed by atoms with E-state index in [-0.39, 0.29) is 29.8 Å². The van der Waals surface area contributed by atoms with E-state index in [1.54, 1.807) is 24.3 Å². The fourth-order valence-corrected chi connectivity index (χ4v) is 5.56. The van der Waals surface area contributed by atoms with Crippen molar-refractivity contribution >= 4 is 22.8 Å². The van der Waals surface area contributed by atoms with E-state index in [1.807, 2.05) is 6.07 Å². The summed E-state index contributed by atoms with van der Waals surface area (Å²) in [4.78, 5) is 17.5. The highest BCUT2D eigenvalue weighted by atomic mass is 32.2. The summed E-state index contributed by atoms with van der Waals surface area (Å²) < 4.78 is 34.5. The maximum absolute atomic E-state index is 14.9. The summed E-state index contributed by atoms with van der Waals surface area (Å²) in [5.41, 5.74) is -0.182. The summed E-state index contributed by atoms with van der Waals surface area (Å²) >= 11 is 1.48. The SMILES string of the molecule is CCC1CC2C(C)SC(NC(=O)c3ccccc3)=NC2(c2ccc(F)cc2F)CO1. The maximum atomic E-state index is 14.9. The summed E-state index contributed by atoms with van der Waals surface area (Å²) in [6.07, 6.45) is 1.66. The standard InChI is InChI=1S/C23H24F2N2O2S/c1-3-17-12-19-14(2)30-22(26-21(28)15-7-5-4-6-8-15)27-23(19,13-29-17)18-10-9-16(24)11-20(18)25/h4-11,14,17,19H,3,12-13H2,1-2H3,(H,26,27,28). The third kappa shape index (κ3) is 3.88. The van der Waals surface area contributed by atoms with Gasteiger partial charge in [0.25, 0.3) is 5.91 Å². The Hall–Kier alpha value is -2.25. The Bertz CT molecular complexity index is 969. The second-order valence-electron chi connectivity index (χ2n) is 7.79. The molecule has 1 fully saturated rings. The smallest absolute Gasteiger partial charge is 0.257 e. The predicted molar refractivity (Wildman–Crippen MR) is 115 cm³/mol. The van der Waals surface area contributed by atoms with E-state index in [1.165, 1.54) is 23.9 Å². The van der Waals surface area contributed by atoms with Gasteiger partial charge in [-0.05, 0) is 31.0 Å². The number of carbonyl (C=O) groups is 1. The van der Waals surface area contributed by atoms with E-state index in [4.69, 9.17) is 9.73 Å². The number of halogens is 2.